The van der Waals surface area contributed by atoms with E-state index in [-0.39, 0.29) is 0 Å². The summed E-state index contributed by atoms with van der Waals surface area (Å²) in [5, 5.41) is 5.74. The Bertz CT molecular complexity index is 766. The SMILES string of the molecule is ClCc1c(-c2ccccc2)nn(-c2cccc(Cl)c2)c1Cl. The summed E-state index contributed by atoms with van der Waals surface area (Å²) < 4.78 is 1.66. The molecule has 0 bridgehead atoms. The number of hydrogen-bond donors (Lipinski definition) is 0. The molecule has 0 amide bonds. The van der Waals surface area contributed by atoms with Gasteiger partial charge < -0.3 is 0 Å². The summed E-state index contributed by atoms with van der Waals surface area (Å²) in [6.45, 7) is 0. The van der Waals surface area contributed by atoms with Crippen LogP contribution in [0.15, 0.2) is 54.6 Å². The smallest absolute Gasteiger partial charge is 0.137 e. The molecule has 1 aromatic heterocycles. The van der Waals surface area contributed by atoms with Crippen molar-refractivity contribution in [2.24, 2.45) is 0 Å². The molecule has 21 heavy (non-hydrogen) atoms. The Morgan fingerprint density at radius 1 is 0.952 bits per heavy atom. The Labute approximate surface area is 137 Å². The summed E-state index contributed by atoms with van der Waals surface area (Å²) in [7, 11) is 0. The van der Waals surface area contributed by atoms with Gasteiger partial charge in [-0.15, -0.1) is 11.6 Å². The van der Waals surface area contributed by atoms with Crippen LogP contribution in [-0.4, -0.2) is 9.78 Å². The molecule has 0 spiro atoms. The minimum absolute atomic E-state index is 0.295. The van der Waals surface area contributed by atoms with Gasteiger partial charge in [0.05, 0.1) is 17.3 Å². The highest BCUT2D eigenvalue weighted by atomic mass is 35.5. The van der Waals surface area contributed by atoms with Crippen molar-refractivity contribution in [1.29, 1.82) is 0 Å². The number of halogens is 3. The lowest BCUT2D eigenvalue weighted by atomic mass is 10.1. The first-order chi connectivity index (χ1) is 10.2. The third kappa shape index (κ3) is 2.80. The van der Waals surface area contributed by atoms with Gasteiger partial charge in [0.15, 0.2) is 0 Å². The zero-order valence-corrected chi connectivity index (χ0v) is 13.2. The van der Waals surface area contributed by atoms with Crippen LogP contribution >= 0.6 is 34.8 Å². The van der Waals surface area contributed by atoms with Crippen molar-refractivity contribution in [2.45, 2.75) is 5.88 Å². The summed E-state index contributed by atoms with van der Waals surface area (Å²) >= 11 is 18.5. The summed E-state index contributed by atoms with van der Waals surface area (Å²) in [5.74, 6) is 0.295. The first-order valence-electron chi connectivity index (χ1n) is 6.35. The van der Waals surface area contributed by atoms with Crippen molar-refractivity contribution in [1.82, 2.24) is 9.78 Å². The van der Waals surface area contributed by atoms with E-state index in [1.807, 2.05) is 54.6 Å². The molecule has 0 aliphatic rings. The van der Waals surface area contributed by atoms with Crippen LogP contribution in [-0.2, 0) is 5.88 Å². The van der Waals surface area contributed by atoms with Gasteiger partial charge in [0.2, 0.25) is 0 Å². The number of aromatic nitrogens is 2. The fourth-order valence-corrected chi connectivity index (χ4v) is 2.95. The Morgan fingerprint density at radius 2 is 1.71 bits per heavy atom. The van der Waals surface area contributed by atoms with Crippen LogP contribution in [0.4, 0.5) is 0 Å². The molecule has 0 aliphatic heterocycles. The lowest BCUT2D eigenvalue weighted by molar-refractivity contribution is 0.884. The summed E-state index contributed by atoms with van der Waals surface area (Å²) in [6, 6.07) is 17.2. The van der Waals surface area contributed by atoms with Gasteiger partial charge in [-0.2, -0.15) is 5.10 Å². The number of benzene rings is 2. The van der Waals surface area contributed by atoms with Crippen LogP contribution in [0, 0.1) is 0 Å². The number of rotatable bonds is 3. The first kappa shape index (κ1) is 14.5. The average molecular weight is 338 g/mol. The standard InChI is InChI=1S/C16H11Cl3N2/c17-10-14-15(11-5-2-1-3-6-11)20-21(16(14)19)13-8-4-7-12(18)9-13/h1-9H,10H2. The van der Waals surface area contributed by atoms with Crippen molar-refractivity contribution >= 4 is 34.8 Å². The Kier molecular flexibility index (Phi) is 4.20. The Balaban J connectivity index is 2.18. The number of alkyl halides is 1. The zero-order valence-electron chi connectivity index (χ0n) is 10.9. The monoisotopic (exact) mass is 336 g/mol. The summed E-state index contributed by atoms with van der Waals surface area (Å²) in [4.78, 5) is 0. The molecule has 0 radical (unpaired) electrons. The van der Waals surface area contributed by atoms with E-state index in [0.29, 0.717) is 16.1 Å². The molecule has 2 aromatic carbocycles. The Morgan fingerprint density at radius 3 is 2.38 bits per heavy atom. The predicted octanol–water partition coefficient (Wildman–Crippen LogP) is 5.58. The second-order valence-electron chi connectivity index (χ2n) is 4.51. The van der Waals surface area contributed by atoms with Gasteiger partial charge >= 0.3 is 0 Å². The maximum absolute atomic E-state index is 6.44. The van der Waals surface area contributed by atoms with E-state index < -0.39 is 0 Å². The van der Waals surface area contributed by atoms with Crippen LogP contribution < -0.4 is 0 Å². The molecule has 2 nitrogen and oxygen atoms in total. The van der Waals surface area contributed by atoms with Crippen LogP contribution in [0.1, 0.15) is 5.56 Å². The lowest BCUT2D eigenvalue weighted by Crippen LogP contribution is -1.96. The minimum Gasteiger partial charge on any atom is -0.221 e. The molecular formula is C16H11Cl3N2. The molecule has 0 atom stereocenters. The van der Waals surface area contributed by atoms with Crippen LogP contribution in [0.5, 0.6) is 0 Å². The van der Waals surface area contributed by atoms with Crippen LogP contribution in [0.3, 0.4) is 0 Å². The molecular weight excluding hydrogens is 327 g/mol. The molecule has 3 rings (SSSR count). The second-order valence-corrected chi connectivity index (χ2v) is 5.57. The molecule has 0 aliphatic carbocycles. The van der Waals surface area contributed by atoms with Gasteiger partial charge in [0.1, 0.15) is 5.15 Å². The van der Waals surface area contributed by atoms with Crippen LogP contribution in [0.2, 0.25) is 10.2 Å². The maximum Gasteiger partial charge on any atom is 0.137 e. The van der Waals surface area contributed by atoms with E-state index >= 15 is 0 Å². The number of nitrogens with zero attached hydrogens (tertiary/aromatic N) is 2. The normalized spacial score (nSPS) is 10.8. The van der Waals surface area contributed by atoms with E-state index in [1.54, 1.807) is 4.68 Å². The van der Waals surface area contributed by atoms with Gasteiger partial charge in [0.25, 0.3) is 0 Å². The third-order valence-corrected chi connectivity index (χ3v) is 4.05. The largest absolute Gasteiger partial charge is 0.221 e. The van der Waals surface area contributed by atoms with Crippen molar-refractivity contribution in [3.8, 4) is 16.9 Å². The fraction of sp³-hybridized carbons (Fsp3) is 0.0625. The summed E-state index contributed by atoms with van der Waals surface area (Å²) in [6.07, 6.45) is 0. The second kappa shape index (κ2) is 6.10. The molecule has 0 N–H and O–H groups in total. The molecule has 0 fully saturated rings. The maximum atomic E-state index is 6.44. The molecule has 1 heterocycles. The highest BCUT2D eigenvalue weighted by Crippen LogP contribution is 2.32. The highest BCUT2D eigenvalue weighted by molar-refractivity contribution is 6.32. The van der Waals surface area contributed by atoms with Crippen molar-refractivity contribution < 1.29 is 0 Å². The molecule has 5 heteroatoms. The first-order valence-corrected chi connectivity index (χ1v) is 7.64. The lowest BCUT2D eigenvalue weighted by Gasteiger charge is -2.03. The Hall–Kier alpha value is -1.48. The van der Waals surface area contributed by atoms with E-state index in [2.05, 4.69) is 5.10 Å². The van der Waals surface area contributed by atoms with Crippen molar-refractivity contribution in [3.05, 3.63) is 70.3 Å². The third-order valence-electron chi connectivity index (χ3n) is 3.15. The number of hydrogen-bond acceptors (Lipinski definition) is 1. The summed E-state index contributed by atoms with van der Waals surface area (Å²) in [5.41, 5.74) is 3.39. The van der Waals surface area contributed by atoms with Crippen LogP contribution in [0.25, 0.3) is 16.9 Å². The van der Waals surface area contributed by atoms with Crippen molar-refractivity contribution in [2.75, 3.05) is 0 Å². The predicted molar refractivity (Wildman–Crippen MR) is 88.6 cm³/mol. The van der Waals surface area contributed by atoms with Gasteiger partial charge in [-0.1, -0.05) is 59.6 Å². The van der Waals surface area contributed by atoms with E-state index in [1.165, 1.54) is 0 Å². The quantitative estimate of drug-likeness (QED) is 0.570. The molecule has 0 saturated heterocycles. The highest BCUT2D eigenvalue weighted by Gasteiger charge is 2.17. The average Bonchev–Trinajstić information content (AvgIpc) is 2.85. The van der Waals surface area contributed by atoms with Gasteiger partial charge in [-0.05, 0) is 18.2 Å². The molecule has 106 valence electrons. The van der Waals surface area contributed by atoms with E-state index in [9.17, 15) is 0 Å². The van der Waals surface area contributed by atoms with Crippen molar-refractivity contribution in [3.63, 3.8) is 0 Å². The zero-order chi connectivity index (χ0) is 14.8. The van der Waals surface area contributed by atoms with E-state index in [0.717, 1.165) is 22.5 Å². The topological polar surface area (TPSA) is 17.8 Å². The minimum atomic E-state index is 0.295. The molecule has 0 unspecified atom stereocenters. The van der Waals surface area contributed by atoms with Gasteiger partial charge in [-0.25, -0.2) is 4.68 Å². The fourth-order valence-electron chi connectivity index (χ4n) is 2.16. The van der Waals surface area contributed by atoms with Gasteiger partial charge in [-0.3, -0.25) is 0 Å². The molecule has 0 saturated carbocycles. The van der Waals surface area contributed by atoms with Gasteiger partial charge in [0, 0.05) is 16.1 Å². The molecule has 3 aromatic rings. The van der Waals surface area contributed by atoms with E-state index in [4.69, 9.17) is 34.8 Å².